The minimum absolute atomic E-state index is 0.0215. The Kier molecular flexibility index (Phi) is 4.64. The number of ketones is 1. The zero-order chi connectivity index (χ0) is 13.7. The Hall–Kier alpha value is -1.29. The molecule has 1 aliphatic heterocycles. The van der Waals surface area contributed by atoms with Gasteiger partial charge < -0.3 is 4.74 Å². The fourth-order valence-electron chi connectivity index (χ4n) is 2.51. The predicted octanol–water partition coefficient (Wildman–Crippen LogP) is 2.48. The van der Waals surface area contributed by atoms with Crippen molar-refractivity contribution in [2.24, 2.45) is 5.41 Å². The number of ether oxygens (including phenoxy) is 1. The molecule has 1 aromatic rings. The lowest BCUT2D eigenvalue weighted by Gasteiger charge is -2.28. The van der Waals surface area contributed by atoms with Crippen molar-refractivity contribution in [3.05, 3.63) is 35.9 Å². The Morgan fingerprint density at radius 2 is 2.05 bits per heavy atom. The highest BCUT2D eigenvalue weighted by Gasteiger charge is 2.46. The molecule has 0 amide bonds. The van der Waals surface area contributed by atoms with E-state index in [2.05, 4.69) is 0 Å². The van der Waals surface area contributed by atoms with Gasteiger partial charge in [0.2, 0.25) is 0 Å². The number of Topliss-reactive ketones (excluding diaryl/α,β-unsaturated/α-hetero) is 1. The number of hydrogen-bond donors (Lipinski definition) is 0. The van der Waals surface area contributed by atoms with Crippen molar-refractivity contribution < 1.29 is 14.3 Å². The molecule has 0 radical (unpaired) electrons. The Morgan fingerprint density at radius 3 is 2.74 bits per heavy atom. The summed E-state index contributed by atoms with van der Waals surface area (Å²) in [4.78, 5) is 24.6. The van der Waals surface area contributed by atoms with Crippen LogP contribution >= 0.6 is 11.8 Å². The summed E-state index contributed by atoms with van der Waals surface area (Å²) in [6, 6.07) is 9.69. The zero-order valence-electron chi connectivity index (χ0n) is 11.1. The van der Waals surface area contributed by atoms with Gasteiger partial charge in [-0.05, 0) is 24.2 Å². The summed E-state index contributed by atoms with van der Waals surface area (Å²) in [6.07, 6.45) is 1.46. The van der Waals surface area contributed by atoms with Gasteiger partial charge in [0.15, 0.2) is 5.78 Å². The maximum Gasteiger partial charge on any atom is 0.319 e. The van der Waals surface area contributed by atoms with E-state index in [9.17, 15) is 9.59 Å². The van der Waals surface area contributed by atoms with Gasteiger partial charge in [0, 0.05) is 12.2 Å². The average Bonchev–Trinajstić information content (AvgIpc) is 2.62. The van der Waals surface area contributed by atoms with E-state index in [0.717, 1.165) is 17.1 Å². The number of thioether (sulfide) groups is 1. The topological polar surface area (TPSA) is 43.4 Å². The van der Waals surface area contributed by atoms with Crippen molar-refractivity contribution in [3.63, 3.8) is 0 Å². The van der Waals surface area contributed by atoms with Crippen molar-refractivity contribution in [1.82, 2.24) is 0 Å². The molecule has 1 fully saturated rings. The third-order valence-corrected chi connectivity index (χ3v) is 4.59. The second kappa shape index (κ2) is 6.24. The fourth-order valence-corrected chi connectivity index (χ4v) is 3.53. The Morgan fingerprint density at radius 1 is 1.32 bits per heavy atom. The molecule has 4 heteroatoms. The molecule has 0 bridgehead atoms. The van der Waals surface area contributed by atoms with E-state index in [1.54, 1.807) is 11.8 Å². The van der Waals surface area contributed by atoms with Crippen LogP contribution in [0.5, 0.6) is 0 Å². The van der Waals surface area contributed by atoms with Crippen LogP contribution in [0.4, 0.5) is 0 Å². The third-order valence-electron chi connectivity index (χ3n) is 3.61. The molecule has 1 aliphatic rings. The van der Waals surface area contributed by atoms with Gasteiger partial charge in [-0.2, -0.15) is 11.8 Å². The van der Waals surface area contributed by atoms with Crippen LogP contribution in [0.3, 0.4) is 0 Å². The van der Waals surface area contributed by atoms with Gasteiger partial charge in [-0.3, -0.25) is 9.59 Å². The van der Waals surface area contributed by atoms with E-state index < -0.39 is 5.41 Å². The summed E-state index contributed by atoms with van der Waals surface area (Å²) in [5, 5.41) is 0. The molecule has 0 aromatic heterocycles. The van der Waals surface area contributed by atoms with Crippen LogP contribution in [0.1, 0.15) is 18.4 Å². The lowest BCUT2D eigenvalue weighted by Crippen LogP contribution is -2.42. The van der Waals surface area contributed by atoms with Crippen LogP contribution in [-0.2, 0) is 20.7 Å². The average molecular weight is 278 g/mol. The molecule has 1 heterocycles. The van der Waals surface area contributed by atoms with Crippen molar-refractivity contribution in [2.45, 2.75) is 19.3 Å². The van der Waals surface area contributed by atoms with E-state index in [-0.39, 0.29) is 11.8 Å². The SMILES string of the molecule is COC(=O)[C@]1(Cc2ccccc2)CCSCCC1=O. The van der Waals surface area contributed by atoms with E-state index in [0.29, 0.717) is 19.3 Å². The molecule has 1 saturated heterocycles. The number of benzene rings is 1. The molecule has 1 aromatic carbocycles. The number of hydrogen-bond acceptors (Lipinski definition) is 4. The van der Waals surface area contributed by atoms with Crippen LogP contribution in [-0.4, -0.2) is 30.4 Å². The number of esters is 1. The number of carbonyl (C=O) groups is 2. The second-order valence-corrected chi connectivity index (χ2v) is 6.00. The van der Waals surface area contributed by atoms with Crippen molar-refractivity contribution >= 4 is 23.5 Å². The number of rotatable bonds is 3. The molecule has 0 N–H and O–H groups in total. The first kappa shape index (κ1) is 14.1. The molecule has 19 heavy (non-hydrogen) atoms. The van der Waals surface area contributed by atoms with Crippen LogP contribution in [0.15, 0.2) is 30.3 Å². The summed E-state index contributed by atoms with van der Waals surface area (Å²) in [5.41, 5.74) is 0.0210. The summed E-state index contributed by atoms with van der Waals surface area (Å²) in [6.45, 7) is 0. The summed E-state index contributed by atoms with van der Waals surface area (Å²) in [7, 11) is 1.36. The smallest absolute Gasteiger partial charge is 0.319 e. The van der Waals surface area contributed by atoms with Gasteiger partial charge in [0.05, 0.1) is 7.11 Å². The quantitative estimate of drug-likeness (QED) is 0.629. The Labute approximate surface area is 117 Å². The normalized spacial score (nSPS) is 23.7. The molecule has 0 saturated carbocycles. The second-order valence-electron chi connectivity index (χ2n) is 4.77. The first-order chi connectivity index (χ1) is 9.19. The fraction of sp³-hybridized carbons (Fsp3) is 0.467. The molecule has 0 aliphatic carbocycles. The molecule has 102 valence electrons. The molecule has 3 nitrogen and oxygen atoms in total. The highest BCUT2D eigenvalue weighted by molar-refractivity contribution is 7.99. The number of carbonyl (C=O) groups excluding carboxylic acids is 2. The van der Waals surface area contributed by atoms with Crippen molar-refractivity contribution in [1.29, 1.82) is 0 Å². The molecule has 1 atom stereocenters. The van der Waals surface area contributed by atoms with E-state index >= 15 is 0 Å². The zero-order valence-corrected chi connectivity index (χ0v) is 11.9. The Bertz CT molecular complexity index is 458. The van der Waals surface area contributed by atoms with E-state index in [4.69, 9.17) is 4.74 Å². The molecule has 0 spiro atoms. The molecule has 0 unspecified atom stereocenters. The van der Waals surface area contributed by atoms with E-state index in [1.807, 2.05) is 30.3 Å². The van der Waals surface area contributed by atoms with Crippen LogP contribution < -0.4 is 0 Å². The van der Waals surface area contributed by atoms with Gasteiger partial charge in [-0.15, -0.1) is 0 Å². The summed E-state index contributed by atoms with van der Waals surface area (Å²) < 4.78 is 4.92. The Balaban J connectivity index is 2.33. The maximum absolute atomic E-state index is 12.4. The summed E-state index contributed by atoms with van der Waals surface area (Å²) in [5.74, 6) is 1.26. The van der Waals surface area contributed by atoms with Gasteiger partial charge in [0.1, 0.15) is 5.41 Å². The first-order valence-electron chi connectivity index (χ1n) is 6.42. The molecular formula is C15H18O3S. The largest absolute Gasteiger partial charge is 0.468 e. The minimum atomic E-state index is -0.987. The molecular weight excluding hydrogens is 260 g/mol. The monoisotopic (exact) mass is 278 g/mol. The van der Waals surface area contributed by atoms with E-state index in [1.165, 1.54) is 7.11 Å². The van der Waals surface area contributed by atoms with Crippen LogP contribution in [0.2, 0.25) is 0 Å². The highest BCUT2D eigenvalue weighted by atomic mass is 32.2. The maximum atomic E-state index is 12.4. The number of methoxy groups -OCH3 is 1. The summed E-state index contributed by atoms with van der Waals surface area (Å²) >= 11 is 1.73. The lowest BCUT2D eigenvalue weighted by atomic mass is 9.74. The predicted molar refractivity (Wildman–Crippen MR) is 76.2 cm³/mol. The third kappa shape index (κ3) is 3.00. The minimum Gasteiger partial charge on any atom is -0.468 e. The van der Waals surface area contributed by atoms with Gasteiger partial charge in [0.25, 0.3) is 0 Å². The van der Waals surface area contributed by atoms with Crippen LogP contribution in [0, 0.1) is 5.41 Å². The van der Waals surface area contributed by atoms with Crippen molar-refractivity contribution in [2.75, 3.05) is 18.6 Å². The highest BCUT2D eigenvalue weighted by Crippen LogP contribution is 2.36. The van der Waals surface area contributed by atoms with Gasteiger partial charge in [-0.1, -0.05) is 30.3 Å². The van der Waals surface area contributed by atoms with Crippen molar-refractivity contribution in [3.8, 4) is 0 Å². The molecule has 2 rings (SSSR count). The van der Waals surface area contributed by atoms with Gasteiger partial charge >= 0.3 is 5.97 Å². The standard InChI is InChI=1S/C15H18O3S/c1-18-14(17)15(8-10-19-9-7-13(15)16)11-12-5-3-2-4-6-12/h2-6H,7-11H2,1H3/t15-/m0/s1. The van der Waals surface area contributed by atoms with Crippen LogP contribution in [0.25, 0.3) is 0 Å². The lowest BCUT2D eigenvalue weighted by molar-refractivity contribution is -0.158. The first-order valence-corrected chi connectivity index (χ1v) is 7.58. The van der Waals surface area contributed by atoms with Gasteiger partial charge in [-0.25, -0.2) is 0 Å².